The second kappa shape index (κ2) is 3.22. The standard InChI is InChI=1S/C12H10/c1-3-7-11(8-4-1)12-9-5-2-6-10-12/h1-10H/i1D,2D,7D,8D,9D,10D. The summed E-state index contributed by atoms with van der Waals surface area (Å²) < 4.78 is 46.0. The zero-order valence-corrected chi connectivity index (χ0v) is 6.31. The minimum Gasteiger partial charge on any atom is -0.0622 e. The molecule has 0 fully saturated rings. The van der Waals surface area contributed by atoms with Crippen molar-refractivity contribution in [2.45, 2.75) is 0 Å². The van der Waals surface area contributed by atoms with Crippen molar-refractivity contribution in [2.24, 2.45) is 0 Å². The van der Waals surface area contributed by atoms with E-state index in [9.17, 15) is 0 Å². The van der Waals surface area contributed by atoms with Crippen molar-refractivity contribution < 1.29 is 8.22 Å². The Morgan fingerprint density at radius 1 is 0.667 bits per heavy atom. The molecular formula is C12H10. The maximum Gasteiger partial charge on any atom is 0.0629 e. The quantitative estimate of drug-likeness (QED) is 0.600. The maximum atomic E-state index is 7.78. The largest absolute Gasteiger partial charge is 0.0629 e. The van der Waals surface area contributed by atoms with E-state index in [1.165, 1.54) is 24.3 Å². The summed E-state index contributed by atoms with van der Waals surface area (Å²) in [7, 11) is 0. The van der Waals surface area contributed by atoms with Crippen LogP contribution in [0.3, 0.4) is 0 Å². The van der Waals surface area contributed by atoms with Crippen LogP contribution in [0.2, 0.25) is 0 Å². The molecule has 0 nitrogen and oxygen atoms in total. The fraction of sp³-hybridized carbons (Fsp3) is 0. The summed E-state index contributed by atoms with van der Waals surface area (Å²) in [6.07, 6.45) is 0. The molecule has 0 heterocycles. The summed E-state index contributed by atoms with van der Waals surface area (Å²) >= 11 is 0. The summed E-state index contributed by atoms with van der Waals surface area (Å²) in [6, 6.07) is 5.04. The minimum atomic E-state index is -0.0489. The van der Waals surface area contributed by atoms with Gasteiger partial charge in [-0.05, 0) is 11.1 Å². The van der Waals surface area contributed by atoms with Crippen LogP contribution in [0, 0.1) is 0 Å². The van der Waals surface area contributed by atoms with Crippen LogP contribution in [-0.2, 0) is 0 Å². The Bertz CT molecular complexity index is 518. The maximum absolute atomic E-state index is 7.78. The fourth-order valence-electron chi connectivity index (χ4n) is 0.911. The van der Waals surface area contributed by atoms with Crippen LogP contribution in [0.15, 0.2) is 60.5 Å². The second-order valence-corrected chi connectivity index (χ2v) is 2.24. The molecule has 0 heteroatoms. The predicted octanol–water partition coefficient (Wildman–Crippen LogP) is 3.35. The van der Waals surface area contributed by atoms with Crippen molar-refractivity contribution in [3.8, 4) is 11.1 Å². The zero-order chi connectivity index (χ0) is 13.4. The van der Waals surface area contributed by atoms with Crippen molar-refractivity contribution >= 4 is 0 Å². The van der Waals surface area contributed by atoms with E-state index in [1.54, 1.807) is 0 Å². The lowest BCUT2D eigenvalue weighted by atomic mass is 10.1. The highest BCUT2D eigenvalue weighted by Gasteiger charge is 1.91. The first-order valence-electron chi connectivity index (χ1n) is 6.56. The lowest BCUT2D eigenvalue weighted by Gasteiger charge is -1.98. The Kier molecular flexibility index (Phi) is 0.822. The van der Waals surface area contributed by atoms with Gasteiger partial charge in [0.05, 0.1) is 8.22 Å². The van der Waals surface area contributed by atoms with Crippen LogP contribution >= 0.6 is 0 Å². The molecule has 2 aromatic rings. The second-order valence-electron chi connectivity index (χ2n) is 2.24. The van der Waals surface area contributed by atoms with Gasteiger partial charge >= 0.3 is 0 Å². The van der Waals surface area contributed by atoms with E-state index < -0.39 is 0 Å². The van der Waals surface area contributed by atoms with Crippen LogP contribution in [-0.4, -0.2) is 0 Å². The van der Waals surface area contributed by atoms with Crippen molar-refractivity contribution in [3.63, 3.8) is 0 Å². The van der Waals surface area contributed by atoms with Gasteiger partial charge in [-0.2, -0.15) is 0 Å². The molecule has 0 N–H and O–H groups in total. The monoisotopic (exact) mass is 160 g/mol. The zero-order valence-electron chi connectivity index (χ0n) is 12.3. The van der Waals surface area contributed by atoms with Gasteiger partial charge in [0.1, 0.15) is 0 Å². The van der Waals surface area contributed by atoms with E-state index in [0.29, 0.717) is 0 Å². The molecule has 0 aromatic heterocycles. The molecule has 0 atom stereocenters. The Labute approximate surface area is 80.9 Å². The molecule has 0 unspecified atom stereocenters. The SMILES string of the molecule is [2H]c1cc([2H])c(-c2c([2H])cc([2H])cc2[2H])c([2H])c1. The lowest BCUT2D eigenvalue weighted by molar-refractivity contribution is 1.62. The van der Waals surface area contributed by atoms with Crippen LogP contribution in [0.25, 0.3) is 11.1 Å². The number of benzene rings is 2. The topological polar surface area (TPSA) is 0 Å². The molecule has 0 aliphatic carbocycles. The summed E-state index contributed by atoms with van der Waals surface area (Å²) in [5, 5.41) is 0. The normalized spacial score (nSPS) is 16.7. The third-order valence-corrected chi connectivity index (χ3v) is 1.45. The summed E-state index contributed by atoms with van der Waals surface area (Å²) in [5.74, 6) is 0. The first kappa shape index (κ1) is 3.06. The molecule has 2 rings (SSSR count). The molecule has 2 aromatic carbocycles. The van der Waals surface area contributed by atoms with E-state index in [0.717, 1.165) is 0 Å². The van der Waals surface area contributed by atoms with Crippen molar-refractivity contribution in [3.05, 3.63) is 60.5 Å². The molecular weight excluding hydrogens is 144 g/mol. The highest BCUT2D eigenvalue weighted by atomic mass is 14.0. The van der Waals surface area contributed by atoms with Gasteiger partial charge in [0, 0.05) is 0 Å². The number of hydrogen-bond acceptors (Lipinski definition) is 0. The molecule has 0 saturated carbocycles. The van der Waals surface area contributed by atoms with Crippen molar-refractivity contribution in [1.29, 1.82) is 0 Å². The summed E-state index contributed by atoms with van der Waals surface area (Å²) in [4.78, 5) is 0. The van der Waals surface area contributed by atoms with Gasteiger partial charge in [0.25, 0.3) is 0 Å². The van der Waals surface area contributed by atoms with Crippen LogP contribution in [0.4, 0.5) is 0 Å². The predicted molar refractivity (Wildman–Crippen MR) is 51.9 cm³/mol. The molecule has 0 bridgehead atoms. The van der Waals surface area contributed by atoms with Gasteiger partial charge < -0.3 is 0 Å². The number of rotatable bonds is 1. The molecule has 0 amide bonds. The van der Waals surface area contributed by atoms with E-state index in [1.807, 2.05) is 0 Å². The van der Waals surface area contributed by atoms with Crippen molar-refractivity contribution in [2.75, 3.05) is 0 Å². The highest BCUT2D eigenvalue weighted by Crippen LogP contribution is 2.17. The van der Waals surface area contributed by atoms with Gasteiger partial charge in [-0.1, -0.05) is 60.5 Å². The lowest BCUT2D eigenvalue weighted by Crippen LogP contribution is -1.73. The first-order chi connectivity index (χ1) is 8.40. The minimum absolute atomic E-state index is 0.0489. The molecule has 0 spiro atoms. The average molecular weight is 160 g/mol. The van der Waals surface area contributed by atoms with Crippen molar-refractivity contribution in [1.82, 2.24) is 0 Å². The molecule has 58 valence electrons. The molecule has 12 heavy (non-hydrogen) atoms. The highest BCUT2D eigenvalue weighted by molar-refractivity contribution is 5.62. The smallest absolute Gasteiger partial charge is 0.0622 e. The number of hydrogen-bond donors (Lipinski definition) is 0. The average Bonchev–Trinajstić information content (AvgIpc) is 2.20. The van der Waals surface area contributed by atoms with Gasteiger partial charge in [0.2, 0.25) is 0 Å². The van der Waals surface area contributed by atoms with Gasteiger partial charge in [-0.3, -0.25) is 0 Å². The van der Waals surface area contributed by atoms with E-state index in [2.05, 4.69) is 0 Å². The van der Waals surface area contributed by atoms with E-state index in [4.69, 9.17) is 8.22 Å². The summed E-state index contributed by atoms with van der Waals surface area (Å²) in [5.41, 5.74) is 0.335. The summed E-state index contributed by atoms with van der Waals surface area (Å²) in [6.45, 7) is 0. The first-order valence-corrected chi connectivity index (χ1v) is 3.56. The van der Waals surface area contributed by atoms with Crippen LogP contribution < -0.4 is 0 Å². The molecule has 0 radical (unpaired) electrons. The molecule has 0 saturated heterocycles. The third kappa shape index (κ3) is 1.37. The van der Waals surface area contributed by atoms with Gasteiger partial charge in [-0.15, -0.1) is 0 Å². The van der Waals surface area contributed by atoms with Gasteiger partial charge in [-0.25, -0.2) is 0 Å². The molecule has 0 aliphatic rings. The fourth-order valence-corrected chi connectivity index (χ4v) is 0.911. The van der Waals surface area contributed by atoms with E-state index in [-0.39, 0.29) is 47.4 Å². The Morgan fingerprint density at radius 2 is 1.00 bits per heavy atom. The van der Waals surface area contributed by atoms with Crippen LogP contribution in [0.1, 0.15) is 8.22 Å². The molecule has 0 aliphatic heterocycles. The Hall–Kier alpha value is -1.56. The van der Waals surface area contributed by atoms with Gasteiger partial charge in [0.15, 0.2) is 0 Å². The Balaban J connectivity index is 2.78. The Morgan fingerprint density at radius 3 is 1.33 bits per heavy atom. The van der Waals surface area contributed by atoms with E-state index >= 15 is 0 Å². The third-order valence-electron chi connectivity index (χ3n) is 1.45. The van der Waals surface area contributed by atoms with Crippen LogP contribution in [0.5, 0.6) is 0 Å².